The van der Waals surface area contributed by atoms with E-state index in [4.69, 9.17) is 29.6 Å². The Balaban J connectivity index is 1.76. The summed E-state index contributed by atoms with van der Waals surface area (Å²) in [4.78, 5) is 11.8. The van der Waals surface area contributed by atoms with Crippen molar-refractivity contribution in [2.24, 2.45) is 5.73 Å². The zero-order valence-electron chi connectivity index (χ0n) is 15.0. The molecule has 0 saturated carbocycles. The maximum absolute atomic E-state index is 6.11. The van der Waals surface area contributed by atoms with Gasteiger partial charge in [0.2, 0.25) is 0 Å². The van der Waals surface area contributed by atoms with Crippen LogP contribution in [0.3, 0.4) is 0 Å². The van der Waals surface area contributed by atoms with E-state index in [0.717, 1.165) is 23.0 Å². The maximum Gasteiger partial charge on any atom is 0.312 e. The topological polar surface area (TPSA) is 89.8 Å². The molecule has 6 nitrogen and oxygen atoms in total. The van der Waals surface area contributed by atoms with E-state index >= 15 is 0 Å². The van der Waals surface area contributed by atoms with Crippen molar-refractivity contribution < 1.29 is 4.99 Å². The molecule has 1 heterocycles. The summed E-state index contributed by atoms with van der Waals surface area (Å²) in [6.07, 6.45) is 0.968. The molecule has 0 amide bonds. The van der Waals surface area contributed by atoms with Crippen LogP contribution in [0.2, 0.25) is 5.02 Å². The normalized spacial score (nSPS) is 11.4. The highest BCUT2D eigenvalue weighted by molar-refractivity contribution is 7.80. The van der Waals surface area contributed by atoms with Crippen LogP contribution in [0.15, 0.2) is 42.5 Å². The van der Waals surface area contributed by atoms with Gasteiger partial charge >= 0.3 is 5.96 Å². The molecule has 0 atom stereocenters. The number of nitrogens with zero attached hydrogens (tertiary/aromatic N) is 2. The van der Waals surface area contributed by atoms with Gasteiger partial charge in [0.15, 0.2) is 0 Å². The van der Waals surface area contributed by atoms with Crippen LogP contribution in [0.4, 0.5) is 11.6 Å². The van der Waals surface area contributed by atoms with Crippen LogP contribution in [0, 0.1) is 6.92 Å². The first-order chi connectivity index (χ1) is 13.0. The Morgan fingerprint density at radius 3 is 2.70 bits per heavy atom. The summed E-state index contributed by atoms with van der Waals surface area (Å²) >= 11 is 11.4. The highest BCUT2D eigenvalue weighted by atomic mass is 35.5. The van der Waals surface area contributed by atoms with Crippen molar-refractivity contribution in [3.8, 4) is 0 Å². The Hall–Kier alpha value is -2.77. The van der Waals surface area contributed by atoms with E-state index in [2.05, 4.69) is 44.7 Å². The molecule has 0 radical (unpaired) electrons. The predicted octanol–water partition coefficient (Wildman–Crippen LogP) is 2.36. The summed E-state index contributed by atoms with van der Waals surface area (Å²) in [5.74, 6) is 0.610. The van der Waals surface area contributed by atoms with Gasteiger partial charge in [0.25, 0.3) is 11.1 Å². The number of benzene rings is 2. The summed E-state index contributed by atoms with van der Waals surface area (Å²) in [5.41, 5.74) is 9.66. The lowest BCUT2D eigenvalue weighted by molar-refractivity contribution is -0.311. The van der Waals surface area contributed by atoms with Crippen molar-refractivity contribution in [1.82, 2.24) is 9.97 Å². The second-order valence-corrected chi connectivity index (χ2v) is 6.75. The summed E-state index contributed by atoms with van der Waals surface area (Å²) < 4.78 is 0. The molecule has 1 aromatic heterocycles. The van der Waals surface area contributed by atoms with Crippen LogP contribution in [0.1, 0.15) is 18.2 Å². The molecule has 5 N–H and O–H groups in total. The first-order valence-electron chi connectivity index (χ1n) is 8.45. The summed E-state index contributed by atoms with van der Waals surface area (Å²) in [6, 6.07) is 13.5. The van der Waals surface area contributed by atoms with E-state index in [1.54, 1.807) is 6.07 Å². The lowest BCUT2D eigenvalue weighted by Gasteiger charge is -2.07. The Labute approximate surface area is 167 Å². The van der Waals surface area contributed by atoms with E-state index in [0.29, 0.717) is 21.8 Å². The lowest BCUT2D eigenvalue weighted by Crippen LogP contribution is -2.82. The van der Waals surface area contributed by atoms with Crippen molar-refractivity contribution >= 4 is 57.4 Å². The standard InChI is InChI=1S/C19H19ClN6S/c1-3-12-8-9-15-13(10-12)11(2)22-18(23-15)25-17(21)26-19(27)24-16-7-5-4-6-14(16)20/h4-10H,3H2,1-2H3,(H4,21,22,23,24,25,26,27)/p+1. The maximum atomic E-state index is 6.11. The van der Waals surface area contributed by atoms with E-state index in [9.17, 15) is 0 Å². The minimum absolute atomic E-state index is 0.212. The van der Waals surface area contributed by atoms with Gasteiger partial charge in [-0.2, -0.15) is 0 Å². The van der Waals surface area contributed by atoms with Crippen molar-refractivity contribution in [1.29, 1.82) is 0 Å². The zero-order valence-corrected chi connectivity index (χ0v) is 16.6. The van der Waals surface area contributed by atoms with Gasteiger partial charge in [-0.05, 0) is 55.4 Å². The minimum atomic E-state index is 0.212. The van der Waals surface area contributed by atoms with Gasteiger partial charge in [-0.1, -0.05) is 36.7 Å². The number of anilines is 2. The zero-order chi connectivity index (χ0) is 19.4. The molecular formula is C19H20ClN6S+. The van der Waals surface area contributed by atoms with E-state index in [1.807, 2.05) is 31.2 Å². The van der Waals surface area contributed by atoms with Crippen LogP contribution in [-0.2, 0) is 6.42 Å². The number of hydrogen-bond donors (Lipinski definition) is 4. The third kappa shape index (κ3) is 4.69. The number of halogens is 1. The third-order valence-corrected chi connectivity index (χ3v) is 4.51. The quantitative estimate of drug-likeness (QED) is 0.307. The highest BCUT2D eigenvalue weighted by Gasteiger charge is 2.10. The molecule has 27 heavy (non-hydrogen) atoms. The van der Waals surface area contributed by atoms with Gasteiger partial charge in [0, 0.05) is 5.39 Å². The fourth-order valence-electron chi connectivity index (χ4n) is 2.59. The van der Waals surface area contributed by atoms with Crippen LogP contribution in [0.5, 0.6) is 0 Å². The van der Waals surface area contributed by atoms with Crippen molar-refractivity contribution in [2.45, 2.75) is 20.3 Å². The highest BCUT2D eigenvalue weighted by Crippen LogP contribution is 2.20. The molecule has 0 aliphatic heterocycles. The second-order valence-electron chi connectivity index (χ2n) is 5.94. The summed E-state index contributed by atoms with van der Waals surface area (Å²) in [5, 5.41) is 7.82. The van der Waals surface area contributed by atoms with Gasteiger partial charge in [0.1, 0.15) is 5.69 Å². The van der Waals surface area contributed by atoms with Crippen LogP contribution < -0.4 is 21.4 Å². The first-order valence-corrected chi connectivity index (χ1v) is 9.24. The molecule has 8 heteroatoms. The molecule has 0 spiro atoms. The molecule has 0 bridgehead atoms. The van der Waals surface area contributed by atoms with Gasteiger partial charge in [0.05, 0.1) is 16.2 Å². The average Bonchev–Trinajstić information content (AvgIpc) is 2.63. The monoisotopic (exact) mass is 399 g/mol. The molecule has 138 valence electrons. The fourth-order valence-corrected chi connectivity index (χ4v) is 3.00. The van der Waals surface area contributed by atoms with Crippen LogP contribution >= 0.6 is 23.8 Å². The number of aromatic nitrogens is 2. The Morgan fingerprint density at radius 1 is 1.19 bits per heavy atom. The summed E-state index contributed by atoms with van der Waals surface area (Å²) in [6.45, 7) is 4.07. The predicted molar refractivity (Wildman–Crippen MR) is 115 cm³/mol. The number of para-hydroxylation sites is 1. The van der Waals surface area contributed by atoms with Crippen molar-refractivity contribution in [2.75, 3.05) is 10.6 Å². The number of guanidine groups is 1. The minimum Gasteiger partial charge on any atom is -0.310 e. The third-order valence-electron chi connectivity index (χ3n) is 3.98. The average molecular weight is 400 g/mol. The van der Waals surface area contributed by atoms with Crippen molar-refractivity contribution in [3.63, 3.8) is 0 Å². The van der Waals surface area contributed by atoms with Crippen LogP contribution in [-0.4, -0.2) is 21.0 Å². The van der Waals surface area contributed by atoms with Gasteiger partial charge in [-0.3, -0.25) is 5.32 Å². The smallest absolute Gasteiger partial charge is 0.310 e. The molecule has 0 aliphatic carbocycles. The Bertz CT molecular complexity index is 1030. The van der Waals surface area contributed by atoms with E-state index < -0.39 is 0 Å². The largest absolute Gasteiger partial charge is 0.312 e. The number of nitrogens with one attached hydrogen (secondary N) is 3. The van der Waals surface area contributed by atoms with E-state index in [-0.39, 0.29) is 5.96 Å². The van der Waals surface area contributed by atoms with Gasteiger partial charge in [-0.15, -0.1) is 0 Å². The van der Waals surface area contributed by atoms with E-state index in [1.165, 1.54) is 5.56 Å². The molecule has 0 fully saturated rings. The van der Waals surface area contributed by atoms with Gasteiger partial charge in [-0.25, -0.2) is 20.3 Å². The second kappa shape index (κ2) is 8.28. The number of aryl methyl sites for hydroxylation is 2. The molecule has 3 aromatic rings. The number of fused-ring (bicyclic) bond motifs is 1. The number of nitrogens with two attached hydrogens (primary N) is 1. The molecular weight excluding hydrogens is 380 g/mol. The molecule has 0 unspecified atom stereocenters. The Kier molecular flexibility index (Phi) is 5.83. The van der Waals surface area contributed by atoms with Gasteiger partial charge < -0.3 is 5.73 Å². The first kappa shape index (κ1) is 19.0. The number of thiocarbonyl (C=S) groups is 1. The number of hydrogen-bond acceptors (Lipinski definition) is 3. The lowest BCUT2D eigenvalue weighted by atomic mass is 10.1. The SMILES string of the molecule is CCc1ccc2nc(NC(N)=[NH+]C(=S)Nc3ccccc3Cl)nc(C)c2c1. The molecule has 0 aliphatic rings. The molecule has 0 saturated heterocycles. The fraction of sp³-hybridized carbons (Fsp3) is 0.158. The number of rotatable bonds is 3. The molecule has 2 aromatic carbocycles. The van der Waals surface area contributed by atoms with Crippen molar-refractivity contribution in [3.05, 3.63) is 58.7 Å². The van der Waals surface area contributed by atoms with Crippen LogP contribution in [0.25, 0.3) is 10.9 Å². The molecule has 3 rings (SSSR count). The Morgan fingerprint density at radius 2 is 1.96 bits per heavy atom. The summed E-state index contributed by atoms with van der Waals surface area (Å²) in [7, 11) is 0.